The summed E-state index contributed by atoms with van der Waals surface area (Å²) in [6, 6.07) is 0. The van der Waals surface area contributed by atoms with Crippen molar-refractivity contribution in [2.45, 2.75) is 71.7 Å². The summed E-state index contributed by atoms with van der Waals surface area (Å²) < 4.78 is 6.38. The maximum atomic E-state index is 10.4. The van der Waals surface area contributed by atoms with Gasteiger partial charge in [0.2, 0.25) is 0 Å². The average Bonchev–Trinajstić information content (AvgIpc) is 2.63. The summed E-state index contributed by atoms with van der Waals surface area (Å²) in [6.45, 7) is 11.0. The van der Waals surface area contributed by atoms with Gasteiger partial charge in [-0.05, 0) is 51.4 Å². The van der Waals surface area contributed by atoms with Crippen LogP contribution >= 0.6 is 0 Å². The molecule has 0 spiro atoms. The quantitative estimate of drug-likeness (QED) is 0.734. The molecule has 0 aromatic heterocycles. The molecule has 2 heteroatoms. The average molecular weight is 264 g/mol. The van der Waals surface area contributed by atoms with Gasteiger partial charge < -0.3 is 9.84 Å². The number of ether oxygens (including phenoxy) is 1. The zero-order valence-electron chi connectivity index (χ0n) is 12.9. The summed E-state index contributed by atoms with van der Waals surface area (Å²) in [5.41, 5.74) is 1.74. The minimum absolute atomic E-state index is 0.0754. The lowest BCUT2D eigenvalue weighted by molar-refractivity contribution is -0.0835. The van der Waals surface area contributed by atoms with E-state index in [-0.39, 0.29) is 17.1 Å². The van der Waals surface area contributed by atoms with E-state index in [1.54, 1.807) is 5.57 Å². The van der Waals surface area contributed by atoms with Crippen LogP contribution in [0, 0.1) is 23.2 Å². The van der Waals surface area contributed by atoms with Crippen LogP contribution in [0.4, 0.5) is 0 Å². The van der Waals surface area contributed by atoms with Crippen LogP contribution in [0.5, 0.6) is 0 Å². The van der Waals surface area contributed by atoms with E-state index < -0.39 is 0 Å². The van der Waals surface area contributed by atoms with E-state index in [2.05, 4.69) is 40.7 Å². The Kier molecular flexibility index (Phi) is 2.93. The fraction of sp³-hybridized carbons (Fsp3) is 0.882. The molecule has 19 heavy (non-hydrogen) atoms. The van der Waals surface area contributed by atoms with Gasteiger partial charge in [0.15, 0.2) is 0 Å². The third-order valence-electron chi connectivity index (χ3n) is 5.41. The van der Waals surface area contributed by atoms with Crippen molar-refractivity contribution in [3.63, 3.8) is 0 Å². The molecule has 2 bridgehead atoms. The van der Waals surface area contributed by atoms with Crippen molar-refractivity contribution in [1.82, 2.24) is 0 Å². The van der Waals surface area contributed by atoms with Crippen molar-refractivity contribution in [2.75, 3.05) is 0 Å². The Morgan fingerprint density at radius 1 is 1.32 bits per heavy atom. The largest absolute Gasteiger partial charge is 0.393 e. The van der Waals surface area contributed by atoms with Crippen molar-refractivity contribution >= 4 is 0 Å². The van der Waals surface area contributed by atoms with Crippen molar-refractivity contribution in [1.29, 1.82) is 0 Å². The molecular weight excluding hydrogens is 236 g/mol. The first-order valence-corrected chi connectivity index (χ1v) is 7.76. The molecule has 0 aliphatic heterocycles. The Labute approximate surface area is 117 Å². The standard InChI is InChI=1S/C17H28O2/c1-10-6-11-7-12-8-17(5,9-13(10)18)14(11)15(12)19-16(2,3)4/h7,10,12-15,18H,6,8-9H2,1-5H3/t10-,12-,13-,14-,15+,17-/m0/s1. The molecule has 0 amide bonds. The third kappa shape index (κ3) is 2.17. The molecule has 2 fully saturated rings. The van der Waals surface area contributed by atoms with Crippen molar-refractivity contribution in [2.24, 2.45) is 23.2 Å². The second-order valence-electron chi connectivity index (χ2n) is 8.39. The normalized spacial score (nSPS) is 49.2. The highest BCUT2D eigenvalue weighted by molar-refractivity contribution is 5.30. The number of aliphatic hydroxyl groups excluding tert-OH is 1. The van der Waals surface area contributed by atoms with Gasteiger partial charge in [0.25, 0.3) is 0 Å². The maximum absolute atomic E-state index is 10.4. The van der Waals surface area contributed by atoms with Gasteiger partial charge in [0.1, 0.15) is 0 Å². The topological polar surface area (TPSA) is 29.5 Å². The molecular formula is C17H28O2. The van der Waals surface area contributed by atoms with Crippen LogP contribution in [-0.2, 0) is 4.74 Å². The van der Waals surface area contributed by atoms with Gasteiger partial charge in [-0.25, -0.2) is 0 Å². The molecule has 0 aromatic carbocycles. The van der Waals surface area contributed by atoms with Crippen LogP contribution < -0.4 is 0 Å². The highest BCUT2D eigenvalue weighted by atomic mass is 16.5. The number of rotatable bonds is 1. The van der Waals surface area contributed by atoms with Gasteiger partial charge in [-0.3, -0.25) is 0 Å². The summed E-state index contributed by atoms with van der Waals surface area (Å²) in [6.07, 6.45) is 5.85. The second-order valence-corrected chi connectivity index (χ2v) is 8.39. The lowest BCUT2D eigenvalue weighted by atomic mass is 9.72. The van der Waals surface area contributed by atoms with E-state index in [0.29, 0.717) is 23.9 Å². The van der Waals surface area contributed by atoms with Crippen molar-refractivity contribution < 1.29 is 9.84 Å². The van der Waals surface area contributed by atoms with Gasteiger partial charge >= 0.3 is 0 Å². The van der Waals surface area contributed by atoms with Gasteiger partial charge in [-0.15, -0.1) is 0 Å². The van der Waals surface area contributed by atoms with E-state index in [9.17, 15) is 5.11 Å². The number of hydrogen-bond acceptors (Lipinski definition) is 2. The Balaban J connectivity index is 1.90. The number of fused-ring (bicyclic) bond motifs is 1. The smallest absolute Gasteiger partial charge is 0.0715 e. The molecule has 0 saturated heterocycles. The first-order valence-electron chi connectivity index (χ1n) is 7.76. The molecule has 108 valence electrons. The zero-order valence-corrected chi connectivity index (χ0v) is 12.9. The van der Waals surface area contributed by atoms with E-state index in [1.807, 2.05) is 0 Å². The molecule has 3 aliphatic rings. The van der Waals surface area contributed by atoms with E-state index in [4.69, 9.17) is 4.74 Å². The molecule has 2 nitrogen and oxygen atoms in total. The third-order valence-corrected chi connectivity index (χ3v) is 5.41. The number of aliphatic hydroxyl groups is 1. The minimum atomic E-state index is -0.148. The van der Waals surface area contributed by atoms with Gasteiger partial charge in [0, 0.05) is 11.8 Å². The molecule has 6 atom stereocenters. The molecule has 0 unspecified atom stereocenters. The van der Waals surface area contributed by atoms with Gasteiger partial charge in [0.05, 0.1) is 17.8 Å². The molecule has 3 rings (SSSR count). The Bertz CT molecular complexity index is 406. The van der Waals surface area contributed by atoms with Gasteiger partial charge in [-0.2, -0.15) is 0 Å². The van der Waals surface area contributed by atoms with Crippen LogP contribution in [0.1, 0.15) is 53.9 Å². The Hall–Kier alpha value is -0.340. The zero-order chi connectivity index (χ0) is 14.0. The minimum Gasteiger partial charge on any atom is -0.393 e. The van der Waals surface area contributed by atoms with Crippen LogP contribution in [0.15, 0.2) is 11.6 Å². The maximum Gasteiger partial charge on any atom is 0.0715 e. The molecule has 1 N–H and O–H groups in total. The number of hydrogen-bond donors (Lipinski definition) is 1. The lowest BCUT2D eigenvalue weighted by Gasteiger charge is -2.35. The highest BCUT2D eigenvalue weighted by Crippen LogP contribution is 2.62. The second kappa shape index (κ2) is 4.08. The first-order chi connectivity index (χ1) is 8.70. The summed E-state index contributed by atoms with van der Waals surface area (Å²) in [7, 11) is 0. The van der Waals surface area contributed by atoms with E-state index >= 15 is 0 Å². The Morgan fingerprint density at radius 3 is 2.63 bits per heavy atom. The molecule has 0 aromatic rings. The van der Waals surface area contributed by atoms with E-state index in [1.165, 1.54) is 6.42 Å². The first kappa shape index (κ1) is 13.6. The molecule has 0 heterocycles. The van der Waals surface area contributed by atoms with E-state index in [0.717, 1.165) is 12.8 Å². The summed E-state index contributed by atoms with van der Waals surface area (Å²) in [5, 5.41) is 10.4. The summed E-state index contributed by atoms with van der Waals surface area (Å²) >= 11 is 0. The molecule has 0 radical (unpaired) electrons. The monoisotopic (exact) mass is 264 g/mol. The van der Waals surface area contributed by atoms with Crippen LogP contribution in [0.25, 0.3) is 0 Å². The van der Waals surface area contributed by atoms with Crippen LogP contribution in [-0.4, -0.2) is 22.9 Å². The van der Waals surface area contributed by atoms with Crippen LogP contribution in [0.3, 0.4) is 0 Å². The SMILES string of the molecule is C[C@H]1CC2=C[C@H]3C[C@@](C)(C[C@@H]1O)[C@@H]2[C@@H]3OC(C)(C)C. The van der Waals surface area contributed by atoms with Crippen molar-refractivity contribution in [3.8, 4) is 0 Å². The lowest BCUT2D eigenvalue weighted by Crippen LogP contribution is -2.35. The fourth-order valence-corrected chi connectivity index (χ4v) is 4.77. The molecule has 3 aliphatic carbocycles. The molecule has 2 saturated carbocycles. The highest BCUT2D eigenvalue weighted by Gasteiger charge is 2.58. The predicted molar refractivity (Wildman–Crippen MR) is 76.8 cm³/mol. The summed E-state index contributed by atoms with van der Waals surface area (Å²) in [5.74, 6) is 1.50. The van der Waals surface area contributed by atoms with Gasteiger partial charge in [-0.1, -0.05) is 25.5 Å². The Morgan fingerprint density at radius 2 is 2.00 bits per heavy atom. The predicted octanol–water partition coefficient (Wildman–Crippen LogP) is 3.54. The fourth-order valence-electron chi connectivity index (χ4n) is 4.77. The van der Waals surface area contributed by atoms with Crippen LogP contribution in [0.2, 0.25) is 0 Å². The summed E-state index contributed by atoms with van der Waals surface area (Å²) in [4.78, 5) is 0. The van der Waals surface area contributed by atoms with Crippen molar-refractivity contribution in [3.05, 3.63) is 11.6 Å².